The van der Waals surface area contributed by atoms with E-state index in [-0.39, 0.29) is 23.9 Å². The van der Waals surface area contributed by atoms with Crippen LogP contribution in [0.4, 0.5) is 4.39 Å². The molecule has 1 saturated carbocycles. The van der Waals surface area contributed by atoms with E-state index < -0.39 is 11.4 Å². The average Bonchev–Trinajstić information content (AvgIpc) is 2.99. The minimum atomic E-state index is -0.523. The molecule has 1 aliphatic rings. The molecule has 2 aromatic rings. The first-order valence-electron chi connectivity index (χ1n) is 5.92. The molecule has 5 nitrogen and oxygen atoms in total. The molecule has 2 aromatic heterocycles. The third kappa shape index (κ3) is 2.46. The molecule has 0 radical (unpaired) electrons. The van der Waals surface area contributed by atoms with Crippen LogP contribution >= 0.6 is 12.4 Å². The summed E-state index contributed by atoms with van der Waals surface area (Å²) in [5, 5.41) is 3.89. The maximum Gasteiger partial charge on any atom is 0.261 e. The van der Waals surface area contributed by atoms with Gasteiger partial charge in [-0.3, -0.25) is 4.98 Å². The van der Waals surface area contributed by atoms with Crippen LogP contribution in [0.1, 0.15) is 31.5 Å². The van der Waals surface area contributed by atoms with Gasteiger partial charge in [0.2, 0.25) is 0 Å². The van der Waals surface area contributed by atoms with Crippen LogP contribution in [0.3, 0.4) is 0 Å². The normalized spacial score (nSPS) is 17.2. The topological polar surface area (TPSA) is 77.8 Å². The first-order chi connectivity index (χ1) is 8.69. The highest BCUT2D eigenvalue weighted by Gasteiger charge is 2.36. The van der Waals surface area contributed by atoms with Crippen molar-refractivity contribution in [1.82, 2.24) is 15.1 Å². The summed E-state index contributed by atoms with van der Waals surface area (Å²) in [4.78, 5) is 7.90. The molecule has 19 heavy (non-hydrogen) atoms. The molecule has 0 unspecified atom stereocenters. The van der Waals surface area contributed by atoms with Crippen LogP contribution in [-0.4, -0.2) is 15.1 Å². The lowest BCUT2D eigenvalue weighted by Crippen LogP contribution is -2.34. The smallest absolute Gasteiger partial charge is 0.261 e. The molecule has 1 fully saturated rings. The number of rotatable bonds is 2. The van der Waals surface area contributed by atoms with E-state index in [4.69, 9.17) is 10.3 Å². The van der Waals surface area contributed by atoms with Gasteiger partial charge in [0.1, 0.15) is 0 Å². The molecule has 2 heterocycles. The van der Waals surface area contributed by atoms with Crippen molar-refractivity contribution in [2.45, 2.75) is 31.2 Å². The summed E-state index contributed by atoms with van der Waals surface area (Å²) >= 11 is 0. The lowest BCUT2D eigenvalue weighted by atomic mass is 9.99. The predicted octanol–water partition coefficient (Wildman–Crippen LogP) is 2.42. The van der Waals surface area contributed by atoms with Crippen LogP contribution in [-0.2, 0) is 5.54 Å². The van der Waals surface area contributed by atoms with Crippen LogP contribution in [0.2, 0.25) is 0 Å². The van der Waals surface area contributed by atoms with Gasteiger partial charge >= 0.3 is 0 Å². The molecule has 0 aromatic carbocycles. The van der Waals surface area contributed by atoms with Gasteiger partial charge in [0.25, 0.3) is 5.89 Å². The number of halogens is 2. The van der Waals surface area contributed by atoms with E-state index in [1.807, 2.05) is 0 Å². The lowest BCUT2D eigenvalue weighted by molar-refractivity contribution is 0.372. The van der Waals surface area contributed by atoms with Crippen molar-refractivity contribution in [3.63, 3.8) is 0 Å². The van der Waals surface area contributed by atoms with Crippen molar-refractivity contribution in [3.05, 3.63) is 30.1 Å². The lowest BCUT2D eigenvalue weighted by Gasteiger charge is -2.17. The molecule has 0 aliphatic heterocycles. The van der Waals surface area contributed by atoms with Crippen molar-refractivity contribution in [2.24, 2.45) is 5.73 Å². The average molecular weight is 285 g/mol. The minimum Gasteiger partial charge on any atom is -0.334 e. The van der Waals surface area contributed by atoms with Gasteiger partial charge in [0, 0.05) is 6.20 Å². The van der Waals surface area contributed by atoms with Gasteiger partial charge in [-0.1, -0.05) is 18.0 Å². The Bertz CT molecular complexity index is 568. The highest BCUT2D eigenvalue weighted by Crippen LogP contribution is 2.35. The second kappa shape index (κ2) is 5.22. The van der Waals surface area contributed by atoms with Gasteiger partial charge in [-0.25, -0.2) is 4.39 Å². The maximum atomic E-state index is 13.5. The van der Waals surface area contributed by atoms with E-state index >= 15 is 0 Å². The van der Waals surface area contributed by atoms with E-state index in [1.54, 1.807) is 0 Å². The molecule has 0 bridgehead atoms. The third-order valence-electron chi connectivity index (χ3n) is 3.37. The Hall–Kier alpha value is -1.53. The molecular weight excluding hydrogens is 271 g/mol. The second-order valence-electron chi connectivity index (χ2n) is 4.64. The Kier molecular flexibility index (Phi) is 3.82. The molecule has 1 aliphatic carbocycles. The fraction of sp³-hybridized carbons (Fsp3) is 0.417. The molecule has 0 atom stereocenters. The summed E-state index contributed by atoms with van der Waals surface area (Å²) in [6.45, 7) is 0. The predicted molar refractivity (Wildman–Crippen MR) is 69.1 cm³/mol. The number of nitrogens with two attached hydrogens (primary N) is 1. The van der Waals surface area contributed by atoms with Crippen LogP contribution in [0.15, 0.2) is 23.0 Å². The van der Waals surface area contributed by atoms with Crippen LogP contribution in [0, 0.1) is 5.82 Å². The quantitative estimate of drug-likeness (QED) is 0.916. The van der Waals surface area contributed by atoms with Gasteiger partial charge in [-0.05, 0) is 18.9 Å². The maximum absolute atomic E-state index is 13.5. The summed E-state index contributed by atoms with van der Waals surface area (Å²) in [6, 6.07) is 1.50. The fourth-order valence-electron chi connectivity index (χ4n) is 2.31. The summed E-state index contributed by atoms with van der Waals surface area (Å²) in [6.07, 6.45) is 6.40. The molecular formula is C12H14ClFN4O. The van der Waals surface area contributed by atoms with E-state index in [0.717, 1.165) is 31.9 Å². The number of nitrogens with zero attached hydrogens (tertiary/aromatic N) is 3. The SMILES string of the molecule is Cl.NC1(c2noc(-c3ccncc3F)n2)CCCC1. The van der Waals surface area contributed by atoms with E-state index in [1.165, 1.54) is 12.3 Å². The van der Waals surface area contributed by atoms with E-state index in [2.05, 4.69) is 15.1 Å². The molecule has 0 spiro atoms. The number of aromatic nitrogens is 3. The Labute approximate surface area is 115 Å². The fourth-order valence-corrected chi connectivity index (χ4v) is 2.31. The van der Waals surface area contributed by atoms with Crippen molar-refractivity contribution in [1.29, 1.82) is 0 Å². The van der Waals surface area contributed by atoms with E-state index in [9.17, 15) is 4.39 Å². The van der Waals surface area contributed by atoms with Crippen molar-refractivity contribution < 1.29 is 8.91 Å². The summed E-state index contributed by atoms with van der Waals surface area (Å²) in [5.74, 6) is 0.137. The van der Waals surface area contributed by atoms with Gasteiger partial charge < -0.3 is 10.3 Å². The highest BCUT2D eigenvalue weighted by atomic mass is 35.5. The zero-order valence-corrected chi connectivity index (χ0v) is 11.0. The van der Waals surface area contributed by atoms with Crippen LogP contribution in [0.25, 0.3) is 11.5 Å². The molecule has 2 N–H and O–H groups in total. The summed E-state index contributed by atoms with van der Waals surface area (Å²) in [7, 11) is 0. The van der Waals surface area contributed by atoms with E-state index in [0.29, 0.717) is 5.82 Å². The van der Waals surface area contributed by atoms with Crippen LogP contribution in [0.5, 0.6) is 0 Å². The van der Waals surface area contributed by atoms with Crippen molar-refractivity contribution in [3.8, 4) is 11.5 Å². The first-order valence-corrected chi connectivity index (χ1v) is 5.92. The first kappa shape index (κ1) is 13.9. The van der Waals surface area contributed by atoms with Gasteiger partial charge in [-0.2, -0.15) is 4.98 Å². The Balaban J connectivity index is 0.00000133. The van der Waals surface area contributed by atoms with Crippen molar-refractivity contribution >= 4 is 12.4 Å². The highest BCUT2D eigenvalue weighted by molar-refractivity contribution is 5.85. The zero-order chi connectivity index (χ0) is 12.6. The number of hydrogen-bond donors (Lipinski definition) is 1. The summed E-state index contributed by atoms with van der Waals surface area (Å²) < 4.78 is 18.6. The molecule has 3 rings (SSSR count). The standard InChI is InChI=1S/C12H13FN4O.ClH/c13-9-7-15-6-3-8(9)10-16-11(17-18-10)12(14)4-1-2-5-12;/h3,6-7H,1-2,4-5,14H2;1H. The molecule has 7 heteroatoms. The van der Waals surface area contributed by atoms with Crippen molar-refractivity contribution in [2.75, 3.05) is 0 Å². The summed E-state index contributed by atoms with van der Waals surface area (Å²) in [5.41, 5.74) is 5.95. The Morgan fingerprint density at radius 2 is 2.05 bits per heavy atom. The second-order valence-corrected chi connectivity index (χ2v) is 4.64. The zero-order valence-electron chi connectivity index (χ0n) is 10.2. The van der Waals surface area contributed by atoms with Gasteiger partial charge in [0.05, 0.1) is 17.3 Å². The number of pyridine rings is 1. The van der Waals surface area contributed by atoms with Crippen LogP contribution < -0.4 is 5.73 Å². The largest absolute Gasteiger partial charge is 0.334 e. The van der Waals surface area contributed by atoms with Gasteiger partial charge in [-0.15, -0.1) is 12.4 Å². The van der Waals surface area contributed by atoms with Gasteiger partial charge in [0.15, 0.2) is 11.6 Å². The minimum absolute atomic E-state index is 0. The number of hydrogen-bond acceptors (Lipinski definition) is 5. The Morgan fingerprint density at radius 1 is 1.32 bits per heavy atom. The molecule has 0 amide bonds. The molecule has 0 saturated heterocycles. The third-order valence-corrected chi connectivity index (χ3v) is 3.37. The molecule has 102 valence electrons. The Morgan fingerprint density at radius 3 is 2.74 bits per heavy atom. The monoisotopic (exact) mass is 284 g/mol.